The highest BCUT2D eigenvalue weighted by molar-refractivity contribution is 7.91. The fourth-order valence-corrected chi connectivity index (χ4v) is 4.30. The molecule has 1 fully saturated rings. The second-order valence-electron chi connectivity index (χ2n) is 5.10. The van der Waals surface area contributed by atoms with Crippen molar-refractivity contribution in [1.82, 2.24) is 4.90 Å². The molecule has 1 aliphatic rings. The average Bonchev–Trinajstić information content (AvgIpc) is 2.73. The summed E-state index contributed by atoms with van der Waals surface area (Å²) in [6.07, 6.45) is 0.395. The molecule has 1 aliphatic heterocycles. The molecule has 0 amide bonds. The molecule has 1 aromatic carbocycles. The zero-order valence-corrected chi connectivity index (χ0v) is 12.7. The van der Waals surface area contributed by atoms with E-state index in [1.54, 1.807) is 11.0 Å². The summed E-state index contributed by atoms with van der Waals surface area (Å²) in [6, 6.07) is 3.88. The molecule has 1 unspecified atom stereocenters. The van der Waals surface area contributed by atoms with E-state index in [1.807, 2.05) is 0 Å². The van der Waals surface area contributed by atoms with Crippen LogP contribution in [0.25, 0.3) is 0 Å². The molecule has 0 bridgehead atoms. The van der Waals surface area contributed by atoms with Gasteiger partial charge in [-0.1, -0.05) is 17.7 Å². The van der Waals surface area contributed by atoms with E-state index < -0.39 is 21.6 Å². The normalized spacial score (nSPS) is 20.8. The lowest BCUT2D eigenvalue weighted by molar-refractivity contribution is -0.139. The minimum Gasteiger partial charge on any atom is -0.480 e. The van der Waals surface area contributed by atoms with Gasteiger partial charge in [0, 0.05) is 12.6 Å². The summed E-state index contributed by atoms with van der Waals surface area (Å²) in [4.78, 5) is 12.5. The lowest BCUT2D eigenvalue weighted by Gasteiger charge is -2.26. The Balaban J connectivity index is 2.16. The van der Waals surface area contributed by atoms with Crippen molar-refractivity contribution in [3.05, 3.63) is 34.6 Å². The molecule has 21 heavy (non-hydrogen) atoms. The van der Waals surface area contributed by atoms with Crippen LogP contribution in [-0.2, 0) is 21.2 Å². The van der Waals surface area contributed by atoms with Crippen molar-refractivity contribution in [2.24, 2.45) is 0 Å². The number of carboxylic acid groups (broad SMARTS) is 1. The van der Waals surface area contributed by atoms with Gasteiger partial charge in [0.05, 0.1) is 23.1 Å². The van der Waals surface area contributed by atoms with Crippen LogP contribution in [-0.4, -0.2) is 48.5 Å². The van der Waals surface area contributed by atoms with Gasteiger partial charge in [-0.05, 0) is 24.1 Å². The van der Waals surface area contributed by atoms with Crippen LogP contribution in [0.15, 0.2) is 18.2 Å². The van der Waals surface area contributed by atoms with Gasteiger partial charge in [-0.2, -0.15) is 0 Å². The number of carbonyl (C=O) groups is 1. The van der Waals surface area contributed by atoms with E-state index in [1.165, 1.54) is 12.1 Å². The lowest BCUT2D eigenvalue weighted by Crippen LogP contribution is -2.39. The number of benzene rings is 1. The van der Waals surface area contributed by atoms with Crippen LogP contribution < -0.4 is 0 Å². The highest BCUT2D eigenvalue weighted by Gasteiger charge is 2.33. The number of halogens is 2. The zero-order chi connectivity index (χ0) is 15.6. The molecule has 1 heterocycles. The summed E-state index contributed by atoms with van der Waals surface area (Å²) >= 11 is 5.60. The lowest BCUT2D eigenvalue weighted by atomic mass is 10.1. The highest BCUT2D eigenvalue weighted by atomic mass is 35.5. The van der Waals surface area contributed by atoms with Crippen molar-refractivity contribution in [2.75, 3.05) is 18.1 Å². The fraction of sp³-hybridized carbons (Fsp3) is 0.462. The maximum atomic E-state index is 13.4. The summed E-state index contributed by atoms with van der Waals surface area (Å²) in [7, 11) is -3.11. The van der Waals surface area contributed by atoms with Gasteiger partial charge in [0.25, 0.3) is 0 Å². The number of hydrogen-bond acceptors (Lipinski definition) is 4. The monoisotopic (exact) mass is 335 g/mol. The molecule has 5 nitrogen and oxygen atoms in total. The first-order valence-electron chi connectivity index (χ1n) is 6.37. The van der Waals surface area contributed by atoms with Crippen molar-refractivity contribution in [3.8, 4) is 0 Å². The standard InChI is InChI=1S/C13H15ClFNO4S/c14-11-2-1-9(5-12(11)15)6-16(7-13(17)18)10-3-4-21(19,20)8-10/h1-2,5,10H,3-4,6-8H2,(H,17,18). The zero-order valence-electron chi connectivity index (χ0n) is 11.1. The van der Waals surface area contributed by atoms with Crippen molar-refractivity contribution >= 4 is 27.4 Å². The van der Waals surface area contributed by atoms with Gasteiger partial charge in [0.15, 0.2) is 9.84 Å². The number of carboxylic acids is 1. The maximum absolute atomic E-state index is 13.4. The van der Waals surface area contributed by atoms with E-state index in [4.69, 9.17) is 16.7 Å². The molecular formula is C13H15ClFNO4S. The van der Waals surface area contributed by atoms with Crippen LogP contribution in [0.1, 0.15) is 12.0 Å². The van der Waals surface area contributed by atoms with E-state index in [0.29, 0.717) is 12.0 Å². The summed E-state index contributed by atoms with van der Waals surface area (Å²) in [5, 5.41) is 8.96. The van der Waals surface area contributed by atoms with Crippen molar-refractivity contribution in [3.63, 3.8) is 0 Å². The predicted octanol–water partition coefficient (Wildman–Crippen LogP) is 1.55. The Kier molecular flexibility index (Phi) is 4.85. The summed E-state index contributed by atoms with van der Waals surface area (Å²) < 4.78 is 36.5. The minimum absolute atomic E-state index is 0.00743. The van der Waals surface area contributed by atoms with Crippen LogP contribution in [0.4, 0.5) is 4.39 Å². The molecule has 0 aliphatic carbocycles. The Morgan fingerprint density at radius 1 is 1.48 bits per heavy atom. The number of aliphatic carboxylic acids is 1. The SMILES string of the molecule is O=C(O)CN(Cc1ccc(Cl)c(F)c1)C1CCS(=O)(=O)C1. The fourth-order valence-electron chi connectivity index (χ4n) is 2.42. The van der Waals surface area contributed by atoms with Crippen molar-refractivity contribution in [2.45, 2.75) is 19.0 Å². The van der Waals surface area contributed by atoms with E-state index in [-0.39, 0.29) is 35.7 Å². The van der Waals surface area contributed by atoms with E-state index >= 15 is 0 Å². The third-order valence-corrected chi connectivity index (χ3v) is 5.49. The molecular weight excluding hydrogens is 321 g/mol. The summed E-state index contributed by atoms with van der Waals surface area (Å²) in [5.74, 6) is -1.63. The first kappa shape index (κ1) is 16.2. The number of rotatable bonds is 5. The van der Waals surface area contributed by atoms with Gasteiger partial charge >= 0.3 is 5.97 Å². The topological polar surface area (TPSA) is 74.7 Å². The Morgan fingerprint density at radius 3 is 2.71 bits per heavy atom. The maximum Gasteiger partial charge on any atom is 0.317 e. The smallest absolute Gasteiger partial charge is 0.317 e. The third kappa shape index (κ3) is 4.39. The molecule has 1 atom stereocenters. The summed E-state index contributed by atoms with van der Waals surface area (Å²) in [6.45, 7) is -0.120. The van der Waals surface area contributed by atoms with Gasteiger partial charge in [0.2, 0.25) is 0 Å². The van der Waals surface area contributed by atoms with Gasteiger partial charge in [-0.15, -0.1) is 0 Å². The first-order valence-corrected chi connectivity index (χ1v) is 8.57. The molecule has 1 N–H and O–H groups in total. The molecule has 8 heteroatoms. The Morgan fingerprint density at radius 2 is 2.19 bits per heavy atom. The largest absolute Gasteiger partial charge is 0.480 e. The molecule has 1 aromatic rings. The van der Waals surface area contributed by atoms with Gasteiger partial charge in [-0.3, -0.25) is 9.69 Å². The van der Waals surface area contributed by atoms with Gasteiger partial charge in [0.1, 0.15) is 5.82 Å². The predicted molar refractivity (Wildman–Crippen MR) is 76.5 cm³/mol. The second kappa shape index (κ2) is 6.29. The third-order valence-electron chi connectivity index (χ3n) is 3.43. The van der Waals surface area contributed by atoms with Crippen LogP contribution in [0, 0.1) is 5.82 Å². The van der Waals surface area contributed by atoms with Crippen LogP contribution in [0.3, 0.4) is 0 Å². The highest BCUT2D eigenvalue weighted by Crippen LogP contribution is 2.22. The van der Waals surface area contributed by atoms with E-state index in [2.05, 4.69) is 0 Å². The Bertz CT molecular complexity index is 650. The van der Waals surface area contributed by atoms with Crippen LogP contribution in [0.5, 0.6) is 0 Å². The molecule has 1 saturated heterocycles. The van der Waals surface area contributed by atoms with E-state index in [9.17, 15) is 17.6 Å². The minimum atomic E-state index is -3.11. The Labute approximate surface area is 127 Å². The van der Waals surface area contributed by atoms with Crippen molar-refractivity contribution < 1.29 is 22.7 Å². The molecule has 0 radical (unpaired) electrons. The second-order valence-corrected chi connectivity index (χ2v) is 7.74. The quantitative estimate of drug-likeness (QED) is 0.883. The first-order chi connectivity index (χ1) is 9.77. The number of hydrogen-bond donors (Lipinski definition) is 1. The van der Waals surface area contributed by atoms with Crippen LogP contribution in [0.2, 0.25) is 5.02 Å². The molecule has 2 rings (SSSR count). The Hall–Kier alpha value is -1.18. The number of sulfone groups is 1. The summed E-state index contributed by atoms with van der Waals surface area (Å²) in [5.41, 5.74) is 0.558. The molecule has 0 aromatic heterocycles. The number of nitrogens with zero attached hydrogens (tertiary/aromatic N) is 1. The molecule has 0 spiro atoms. The average molecular weight is 336 g/mol. The van der Waals surface area contributed by atoms with Gasteiger partial charge < -0.3 is 5.11 Å². The molecule has 0 saturated carbocycles. The molecule has 116 valence electrons. The van der Waals surface area contributed by atoms with Crippen molar-refractivity contribution in [1.29, 1.82) is 0 Å². The van der Waals surface area contributed by atoms with Crippen LogP contribution >= 0.6 is 11.6 Å². The van der Waals surface area contributed by atoms with Gasteiger partial charge in [-0.25, -0.2) is 12.8 Å². The van der Waals surface area contributed by atoms with E-state index in [0.717, 1.165) is 0 Å².